The zero-order chi connectivity index (χ0) is 20.3. The molecule has 144 valence electrons. The van der Waals surface area contributed by atoms with Crippen molar-refractivity contribution in [1.29, 1.82) is 0 Å². The third kappa shape index (κ3) is 5.72. The summed E-state index contributed by atoms with van der Waals surface area (Å²) in [6.45, 7) is 0.525. The van der Waals surface area contributed by atoms with Crippen molar-refractivity contribution in [3.05, 3.63) is 95.6 Å². The molecule has 0 bridgehead atoms. The van der Waals surface area contributed by atoms with Crippen LogP contribution >= 0.6 is 0 Å². The SMILES string of the molecule is C#CCOc1ccccc1/C=N\NC(=O)c1ccccc1OCc1ccccc1. The molecule has 0 aliphatic carbocycles. The zero-order valence-corrected chi connectivity index (χ0v) is 15.7. The number of nitrogens with one attached hydrogen (secondary N) is 1. The topological polar surface area (TPSA) is 59.9 Å². The van der Waals surface area contributed by atoms with Gasteiger partial charge in [-0.1, -0.05) is 60.5 Å². The molecule has 0 fully saturated rings. The number of carbonyl (C=O) groups excluding carboxylic acids is 1. The van der Waals surface area contributed by atoms with Gasteiger partial charge in [-0.3, -0.25) is 4.79 Å². The third-order valence-electron chi connectivity index (χ3n) is 3.97. The molecular formula is C24H20N2O3. The van der Waals surface area contributed by atoms with Gasteiger partial charge >= 0.3 is 0 Å². The number of hydrogen-bond acceptors (Lipinski definition) is 4. The molecule has 0 heterocycles. The third-order valence-corrected chi connectivity index (χ3v) is 3.97. The van der Waals surface area contributed by atoms with E-state index in [1.165, 1.54) is 6.21 Å². The summed E-state index contributed by atoms with van der Waals surface area (Å²) in [7, 11) is 0. The highest BCUT2D eigenvalue weighted by Crippen LogP contribution is 2.19. The summed E-state index contributed by atoms with van der Waals surface area (Å²) < 4.78 is 11.3. The summed E-state index contributed by atoms with van der Waals surface area (Å²) in [5.74, 6) is 3.13. The van der Waals surface area contributed by atoms with Gasteiger partial charge in [-0.2, -0.15) is 5.10 Å². The van der Waals surface area contributed by atoms with Crippen LogP contribution in [-0.2, 0) is 6.61 Å². The lowest BCUT2D eigenvalue weighted by molar-refractivity contribution is 0.0950. The maximum atomic E-state index is 12.6. The second kappa shape index (κ2) is 10.3. The van der Waals surface area contributed by atoms with Crippen LogP contribution in [0.3, 0.4) is 0 Å². The van der Waals surface area contributed by atoms with Gasteiger partial charge in [-0.15, -0.1) is 6.42 Å². The monoisotopic (exact) mass is 384 g/mol. The fourth-order valence-electron chi connectivity index (χ4n) is 2.57. The first-order chi connectivity index (χ1) is 14.3. The molecule has 0 saturated heterocycles. The molecular weight excluding hydrogens is 364 g/mol. The van der Waals surface area contributed by atoms with E-state index in [9.17, 15) is 4.79 Å². The fourth-order valence-corrected chi connectivity index (χ4v) is 2.57. The van der Waals surface area contributed by atoms with E-state index in [2.05, 4.69) is 16.4 Å². The van der Waals surface area contributed by atoms with Crippen molar-refractivity contribution in [2.24, 2.45) is 5.10 Å². The van der Waals surface area contributed by atoms with Crippen LogP contribution in [0.1, 0.15) is 21.5 Å². The Hall–Kier alpha value is -4.04. The molecule has 5 heteroatoms. The molecule has 0 spiro atoms. The summed E-state index contributed by atoms with van der Waals surface area (Å²) in [5.41, 5.74) is 4.65. The van der Waals surface area contributed by atoms with E-state index in [0.29, 0.717) is 29.2 Å². The molecule has 0 aromatic heterocycles. The average Bonchev–Trinajstić information content (AvgIpc) is 2.78. The molecule has 0 aliphatic heterocycles. The lowest BCUT2D eigenvalue weighted by atomic mass is 10.2. The Labute approximate surface area is 170 Å². The van der Waals surface area contributed by atoms with E-state index in [4.69, 9.17) is 15.9 Å². The van der Waals surface area contributed by atoms with E-state index in [1.54, 1.807) is 24.3 Å². The summed E-state index contributed by atoms with van der Waals surface area (Å²) in [5, 5.41) is 4.03. The minimum absolute atomic E-state index is 0.156. The number of hydrazone groups is 1. The molecule has 1 amide bonds. The van der Waals surface area contributed by atoms with Crippen molar-refractivity contribution in [2.75, 3.05) is 6.61 Å². The van der Waals surface area contributed by atoms with Gasteiger partial charge in [0.2, 0.25) is 0 Å². The highest BCUT2D eigenvalue weighted by atomic mass is 16.5. The minimum Gasteiger partial charge on any atom is -0.488 e. The molecule has 3 rings (SSSR count). The van der Waals surface area contributed by atoms with Crippen molar-refractivity contribution in [2.45, 2.75) is 6.61 Å². The second-order valence-electron chi connectivity index (χ2n) is 6.00. The van der Waals surface area contributed by atoms with Crippen molar-refractivity contribution in [3.8, 4) is 23.8 Å². The average molecular weight is 384 g/mol. The zero-order valence-electron chi connectivity index (χ0n) is 15.7. The Morgan fingerprint density at radius 1 is 0.931 bits per heavy atom. The number of rotatable bonds is 8. The van der Waals surface area contributed by atoms with Gasteiger partial charge in [0.25, 0.3) is 5.91 Å². The summed E-state index contributed by atoms with van der Waals surface area (Å²) in [6.07, 6.45) is 6.74. The van der Waals surface area contributed by atoms with Crippen molar-refractivity contribution in [1.82, 2.24) is 5.43 Å². The van der Waals surface area contributed by atoms with Gasteiger partial charge in [0.15, 0.2) is 0 Å². The number of terminal acetylenes is 1. The Bertz CT molecular complexity index is 1020. The molecule has 3 aromatic rings. The summed E-state index contributed by atoms with van der Waals surface area (Å²) >= 11 is 0. The Balaban J connectivity index is 1.66. The largest absolute Gasteiger partial charge is 0.488 e. The number of amides is 1. The van der Waals surface area contributed by atoms with Gasteiger partial charge in [0.05, 0.1) is 11.8 Å². The number of nitrogens with zero attached hydrogens (tertiary/aromatic N) is 1. The van der Waals surface area contributed by atoms with Crippen molar-refractivity contribution in [3.63, 3.8) is 0 Å². The smallest absolute Gasteiger partial charge is 0.275 e. The van der Waals surface area contributed by atoms with E-state index in [-0.39, 0.29) is 12.5 Å². The number of benzene rings is 3. The van der Waals surface area contributed by atoms with Crippen LogP contribution in [-0.4, -0.2) is 18.7 Å². The van der Waals surface area contributed by atoms with Crippen LogP contribution in [0.5, 0.6) is 11.5 Å². The van der Waals surface area contributed by atoms with Gasteiger partial charge in [0, 0.05) is 5.56 Å². The molecule has 3 aromatic carbocycles. The fraction of sp³-hybridized carbons (Fsp3) is 0.0833. The summed E-state index contributed by atoms with van der Waals surface area (Å²) in [6, 6.07) is 24.1. The molecule has 0 radical (unpaired) electrons. The lowest BCUT2D eigenvalue weighted by Gasteiger charge is -2.10. The number of hydrogen-bond donors (Lipinski definition) is 1. The van der Waals surface area contributed by atoms with Crippen LogP contribution in [0, 0.1) is 12.3 Å². The van der Waals surface area contributed by atoms with Crippen molar-refractivity contribution >= 4 is 12.1 Å². The molecule has 0 unspecified atom stereocenters. The van der Waals surface area contributed by atoms with Gasteiger partial charge < -0.3 is 9.47 Å². The Morgan fingerprint density at radius 3 is 2.41 bits per heavy atom. The minimum atomic E-state index is -0.369. The first-order valence-electron chi connectivity index (χ1n) is 9.02. The molecule has 0 aliphatic rings. The van der Waals surface area contributed by atoms with Gasteiger partial charge in [-0.25, -0.2) is 5.43 Å². The van der Waals surface area contributed by atoms with Crippen molar-refractivity contribution < 1.29 is 14.3 Å². The summed E-state index contributed by atoms with van der Waals surface area (Å²) in [4.78, 5) is 12.6. The molecule has 0 saturated carbocycles. The number of ether oxygens (including phenoxy) is 2. The lowest BCUT2D eigenvalue weighted by Crippen LogP contribution is -2.18. The van der Waals surface area contributed by atoms with Gasteiger partial charge in [0.1, 0.15) is 24.7 Å². The van der Waals surface area contributed by atoms with E-state index >= 15 is 0 Å². The van der Waals surface area contributed by atoms with E-state index in [1.807, 2.05) is 54.6 Å². The Morgan fingerprint density at radius 2 is 1.62 bits per heavy atom. The highest BCUT2D eigenvalue weighted by Gasteiger charge is 2.11. The number of carbonyl (C=O) groups is 1. The standard InChI is InChI=1S/C24H20N2O3/c1-2-16-28-22-14-8-6-12-20(22)17-25-26-24(27)21-13-7-9-15-23(21)29-18-19-10-4-3-5-11-19/h1,3-15,17H,16,18H2,(H,26,27)/b25-17-. The first-order valence-corrected chi connectivity index (χ1v) is 9.02. The maximum absolute atomic E-state index is 12.6. The van der Waals surface area contributed by atoms with Crippen LogP contribution < -0.4 is 14.9 Å². The normalized spacial score (nSPS) is 10.3. The van der Waals surface area contributed by atoms with E-state index < -0.39 is 0 Å². The molecule has 29 heavy (non-hydrogen) atoms. The van der Waals surface area contributed by atoms with Crippen LogP contribution in [0.25, 0.3) is 0 Å². The molecule has 5 nitrogen and oxygen atoms in total. The predicted octanol–water partition coefficient (Wildman–Crippen LogP) is 4.04. The number of para-hydroxylation sites is 2. The quantitative estimate of drug-likeness (QED) is 0.362. The Kier molecular flexibility index (Phi) is 7.03. The van der Waals surface area contributed by atoms with Gasteiger partial charge in [-0.05, 0) is 29.8 Å². The maximum Gasteiger partial charge on any atom is 0.275 e. The predicted molar refractivity (Wildman–Crippen MR) is 113 cm³/mol. The van der Waals surface area contributed by atoms with Crippen LogP contribution in [0.2, 0.25) is 0 Å². The first kappa shape index (κ1) is 19.7. The van der Waals surface area contributed by atoms with Crippen LogP contribution in [0.15, 0.2) is 84.0 Å². The molecule has 0 atom stereocenters. The highest BCUT2D eigenvalue weighted by molar-refractivity contribution is 5.97. The van der Waals surface area contributed by atoms with Crippen LogP contribution in [0.4, 0.5) is 0 Å². The molecule has 1 N–H and O–H groups in total. The van der Waals surface area contributed by atoms with E-state index in [0.717, 1.165) is 5.56 Å². The second-order valence-corrected chi connectivity index (χ2v) is 6.00.